The SMILES string of the molecule is C=C(NC1=C(C)C(C)=NC1)c1ccc(Nc2nc(NCC(F)(F)F)c3cc[nH]c3n2)cc1. The Morgan fingerprint density at radius 1 is 1.12 bits per heavy atom. The largest absolute Gasteiger partial charge is 0.405 e. The Balaban J connectivity index is 1.48. The second-order valence-corrected chi connectivity index (χ2v) is 7.42. The van der Waals surface area contributed by atoms with E-state index in [1.54, 1.807) is 12.3 Å². The van der Waals surface area contributed by atoms with Crippen LogP contribution in [0.2, 0.25) is 0 Å². The van der Waals surface area contributed by atoms with Crippen LogP contribution in [0.3, 0.4) is 0 Å². The van der Waals surface area contributed by atoms with E-state index >= 15 is 0 Å². The van der Waals surface area contributed by atoms with Gasteiger partial charge in [0.15, 0.2) is 0 Å². The van der Waals surface area contributed by atoms with Crippen LogP contribution in [0.25, 0.3) is 16.7 Å². The van der Waals surface area contributed by atoms with E-state index < -0.39 is 12.7 Å². The second kappa shape index (κ2) is 8.37. The molecule has 1 aromatic carbocycles. The summed E-state index contributed by atoms with van der Waals surface area (Å²) in [5, 5.41) is 9.17. The number of rotatable bonds is 7. The number of aromatic amines is 1. The van der Waals surface area contributed by atoms with E-state index in [2.05, 4.69) is 42.5 Å². The Morgan fingerprint density at radius 2 is 1.88 bits per heavy atom. The number of hydrogen-bond acceptors (Lipinski definition) is 6. The first-order valence-corrected chi connectivity index (χ1v) is 9.90. The van der Waals surface area contributed by atoms with Gasteiger partial charge in [-0.05, 0) is 43.2 Å². The monoisotopic (exact) mass is 441 g/mol. The number of nitrogens with one attached hydrogen (secondary N) is 4. The minimum absolute atomic E-state index is 0.1000. The van der Waals surface area contributed by atoms with Gasteiger partial charge in [0.1, 0.15) is 18.0 Å². The third-order valence-electron chi connectivity index (χ3n) is 5.13. The fourth-order valence-corrected chi connectivity index (χ4v) is 3.24. The molecule has 4 rings (SSSR count). The molecule has 1 aliphatic rings. The van der Waals surface area contributed by atoms with Gasteiger partial charge >= 0.3 is 6.18 Å². The molecule has 7 nitrogen and oxygen atoms in total. The molecule has 0 bridgehead atoms. The van der Waals surface area contributed by atoms with Gasteiger partial charge in [-0.3, -0.25) is 4.99 Å². The highest BCUT2D eigenvalue weighted by atomic mass is 19.4. The van der Waals surface area contributed by atoms with Crippen LogP contribution < -0.4 is 16.0 Å². The van der Waals surface area contributed by atoms with E-state index in [-0.39, 0.29) is 11.8 Å². The lowest BCUT2D eigenvalue weighted by Crippen LogP contribution is -2.22. The molecule has 0 amide bonds. The van der Waals surface area contributed by atoms with E-state index in [1.807, 2.05) is 38.1 Å². The van der Waals surface area contributed by atoms with Crippen LogP contribution in [0, 0.1) is 0 Å². The molecule has 0 atom stereocenters. The predicted molar refractivity (Wildman–Crippen MR) is 121 cm³/mol. The zero-order valence-corrected chi connectivity index (χ0v) is 17.6. The number of fused-ring (bicyclic) bond motifs is 1. The summed E-state index contributed by atoms with van der Waals surface area (Å²) in [7, 11) is 0. The maximum absolute atomic E-state index is 12.6. The number of benzene rings is 1. The fourth-order valence-electron chi connectivity index (χ4n) is 3.24. The van der Waals surface area contributed by atoms with Gasteiger partial charge in [0.25, 0.3) is 0 Å². The summed E-state index contributed by atoms with van der Waals surface area (Å²) >= 11 is 0. The summed E-state index contributed by atoms with van der Waals surface area (Å²) in [6.45, 7) is 7.52. The highest BCUT2D eigenvalue weighted by molar-refractivity contribution is 6.00. The van der Waals surface area contributed by atoms with Crippen LogP contribution in [-0.2, 0) is 0 Å². The van der Waals surface area contributed by atoms with Crippen molar-refractivity contribution < 1.29 is 13.2 Å². The Morgan fingerprint density at radius 3 is 2.53 bits per heavy atom. The molecule has 0 aliphatic carbocycles. The third kappa shape index (κ3) is 4.74. The first-order chi connectivity index (χ1) is 15.2. The van der Waals surface area contributed by atoms with Crippen molar-refractivity contribution in [2.24, 2.45) is 4.99 Å². The Bertz CT molecular complexity index is 1220. The molecular formula is C22H22F3N7. The summed E-state index contributed by atoms with van der Waals surface area (Å²) < 4.78 is 37.9. The topological polar surface area (TPSA) is 90.0 Å². The minimum atomic E-state index is -4.36. The molecule has 166 valence electrons. The number of alkyl halides is 3. The lowest BCUT2D eigenvalue weighted by Gasteiger charge is -2.13. The fraction of sp³-hybridized carbons (Fsp3) is 0.227. The molecule has 1 aliphatic heterocycles. The molecule has 0 unspecified atom stereocenters. The smallest absolute Gasteiger partial charge is 0.360 e. The average Bonchev–Trinajstić information content (AvgIpc) is 3.34. The maximum Gasteiger partial charge on any atom is 0.405 e. The summed E-state index contributed by atoms with van der Waals surface area (Å²) in [4.78, 5) is 15.8. The van der Waals surface area contributed by atoms with Crippen molar-refractivity contribution in [3.8, 4) is 0 Å². The normalized spacial score (nSPS) is 14.0. The molecule has 0 spiro atoms. The molecule has 0 saturated heterocycles. The first kappa shape index (κ1) is 21.4. The van der Waals surface area contributed by atoms with Crippen molar-refractivity contribution in [2.75, 3.05) is 23.7 Å². The minimum Gasteiger partial charge on any atom is -0.360 e. The summed E-state index contributed by atoms with van der Waals surface area (Å²) in [5.74, 6) is 0.275. The van der Waals surface area contributed by atoms with E-state index in [4.69, 9.17) is 0 Å². The Hall–Kier alpha value is -3.82. The van der Waals surface area contributed by atoms with Gasteiger partial charge in [-0.15, -0.1) is 0 Å². The van der Waals surface area contributed by atoms with Crippen molar-refractivity contribution in [1.29, 1.82) is 0 Å². The number of H-pyrrole nitrogens is 1. The number of nitrogens with zero attached hydrogens (tertiary/aromatic N) is 3. The zero-order valence-electron chi connectivity index (χ0n) is 17.6. The molecule has 3 heterocycles. The number of aromatic nitrogens is 3. The second-order valence-electron chi connectivity index (χ2n) is 7.42. The van der Waals surface area contributed by atoms with Crippen LogP contribution in [0.15, 0.2) is 59.4 Å². The van der Waals surface area contributed by atoms with Crippen LogP contribution >= 0.6 is 0 Å². The molecule has 32 heavy (non-hydrogen) atoms. The highest BCUT2D eigenvalue weighted by Gasteiger charge is 2.27. The van der Waals surface area contributed by atoms with Gasteiger partial charge in [-0.25, -0.2) is 0 Å². The molecule has 4 N–H and O–H groups in total. The summed E-state index contributed by atoms with van der Waals surface area (Å²) in [5.41, 5.74) is 5.93. The average molecular weight is 441 g/mol. The lowest BCUT2D eigenvalue weighted by molar-refractivity contribution is -0.115. The molecule has 0 radical (unpaired) electrons. The van der Waals surface area contributed by atoms with Gasteiger partial charge < -0.3 is 20.9 Å². The Kier molecular flexibility index (Phi) is 5.60. The quantitative estimate of drug-likeness (QED) is 0.415. The maximum atomic E-state index is 12.6. The Labute approximate surface area is 182 Å². The standard InChI is InChI=1S/C22H22F3N7/c1-12-13(2)27-10-18(12)29-14(3)15-4-6-16(7-5-15)30-21-31-19-17(8-9-26-19)20(32-21)28-11-22(23,24)25/h4-9,29H,3,10-11H2,1-2H3,(H3,26,28,30,31,32). The van der Waals surface area contributed by atoms with Gasteiger partial charge in [-0.1, -0.05) is 18.7 Å². The van der Waals surface area contributed by atoms with E-state index in [0.29, 0.717) is 23.3 Å². The number of anilines is 3. The summed E-state index contributed by atoms with van der Waals surface area (Å²) in [6.07, 6.45) is -2.76. The number of halogens is 3. The predicted octanol–water partition coefficient (Wildman–Crippen LogP) is 4.98. The number of aliphatic imine (C=N–C) groups is 1. The molecule has 0 saturated carbocycles. The number of allylic oxidation sites excluding steroid dienone is 1. The van der Waals surface area contributed by atoms with Crippen LogP contribution in [-0.4, -0.2) is 39.9 Å². The summed E-state index contributed by atoms with van der Waals surface area (Å²) in [6, 6.07) is 9.04. The van der Waals surface area contributed by atoms with Crippen molar-refractivity contribution in [1.82, 2.24) is 20.3 Å². The van der Waals surface area contributed by atoms with Gasteiger partial charge in [0.05, 0.1) is 11.9 Å². The van der Waals surface area contributed by atoms with Crippen molar-refractivity contribution in [3.05, 3.63) is 59.9 Å². The van der Waals surface area contributed by atoms with E-state index in [1.165, 1.54) is 0 Å². The van der Waals surface area contributed by atoms with E-state index in [9.17, 15) is 13.2 Å². The van der Waals surface area contributed by atoms with Crippen LogP contribution in [0.1, 0.15) is 19.4 Å². The van der Waals surface area contributed by atoms with Gasteiger partial charge in [0, 0.05) is 29.0 Å². The highest BCUT2D eigenvalue weighted by Crippen LogP contribution is 2.25. The van der Waals surface area contributed by atoms with Crippen LogP contribution in [0.4, 0.5) is 30.6 Å². The molecule has 3 aromatic rings. The first-order valence-electron chi connectivity index (χ1n) is 9.90. The molecular weight excluding hydrogens is 419 g/mol. The molecule has 2 aromatic heterocycles. The molecule has 0 fully saturated rings. The zero-order chi connectivity index (χ0) is 22.9. The third-order valence-corrected chi connectivity index (χ3v) is 5.13. The van der Waals surface area contributed by atoms with Gasteiger partial charge in [-0.2, -0.15) is 23.1 Å². The number of hydrogen-bond donors (Lipinski definition) is 4. The lowest BCUT2D eigenvalue weighted by atomic mass is 10.1. The molecule has 10 heteroatoms. The van der Waals surface area contributed by atoms with Crippen molar-refractivity contribution in [3.63, 3.8) is 0 Å². The van der Waals surface area contributed by atoms with E-state index in [0.717, 1.165) is 28.2 Å². The van der Waals surface area contributed by atoms with Crippen molar-refractivity contribution in [2.45, 2.75) is 20.0 Å². The van der Waals surface area contributed by atoms with Crippen LogP contribution in [0.5, 0.6) is 0 Å². The van der Waals surface area contributed by atoms with Gasteiger partial charge in [0.2, 0.25) is 5.95 Å². The van der Waals surface area contributed by atoms with Crippen molar-refractivity contribution >= 4 is 39.9 Å².